The molecule has 27 heavy (non-hydrogen) atoms. The maximum absolute atomic E-state index is 12.9. The van der Waals surface area contributed by atoms with Gasteiger partial charge in [0.1, 0.15) is 0 Å². The molecule has 0 bridgehead atoms. The van der Waals surface area contributed by atoms with Crippen molar-refractivity contribution in [1.82, 2.24) is 19.9 Å². The third kappa shape index (κ3) is 4.06. The van der Waals surface area contributed by atoms with Crippen molar-refractivity contribution >= 4 is 21.5 Å². The molecule has 1 saturated carbocycles. The molecular weight excluding hydrogens is 370 g/mol. The summed E-state index contributed by atoms with van der Waals surface area (Å²) >= 11 is 0. The van der Waals surface area contributed by atoms with Gasteiger partial charge in [-0.05, 0) is 25.7 Å². The molecule has 1 aliphatic carbocycles. The summed E-state index contributed by atoms with van der Waals surface area (Å²) in [6.07, 6.45) is 4.71. The molecule has 2 aliphatic heterocycles. The monoisotopic (exact) mass is 395 g/mol. The van der Waals surface area contributed by atoms with Crippen molar-refractivity contribution in [3.05, 3.63) is 11.9 Å². The summed E-state index contributed by atoms with van der Waals surface area (Å²) in [4.78, 5) is 26.4. The van der Waals surface area contributed by atoms with Crippen molar-refractivity contribution < 1.29 is 18.5 Å². The molecule has 0 radical (unpaired) electrons. The van der Waals surface area contributed by atoms with Gasteiger partial charge in [-0.3, -0.25) is 14.3 Å². The lowest BCUT2D eigenvalue weighted by atomic mass is 9.94. The number of nitrogens with zero attached hydrogens (tertiary/aromatic N) is 5. The predicted molar refractivity (Wildman–Crippen MR) is 97.2 cm³/mol. The number of ether oxygens (including phenoxy) is 1. The van der Waals surface area contributed by atoms with Crippen LogP contribution in [0.3, 0.4) is 0 Å². The summed E-state index contributed by atoms with van der Waals surface area (Å²) < 4.78 is 24.6. The standard InChI is InChI=1S/C17H25N5O4S/c1-21-14(11-18-20-21)10-15(23)22-6-7-26-17(12-22)4-8-27(25,9-5-17)19-16(24)13-2-3-13/h11,13H,2-10,12H2,1H3. The fraction of sp³-hybridized carbons (Fsp3) is 0.765. The minimum absolute atomic E-state index is 0.000233. The highest BCUT2D eigenvalue weighted by atomic mass is 32.2. The van der Waals surface area contributed by atoms with E-state index in [0.717, 1.165) is 18.5 Å². The first-order valence-corrected chi connectivity index (χ1v) is 11.3. The summed E-state index contributed by atoms with van der Waals surface area (Å²) in [5.41, 5.74) is 0.294. The summed E-state index contributed by atoms with van der Waals surface area (Å²) in [6, 6.07) is 0. The van der Waals surface area contributed by atoms with Gasteiger partial charge in [0.2, 0.25) is 5.91 Å². The Balaban J connectivity index is 1.39. The molecule has 1 aromatic heterocycles. The molecule has 0 aromatic carbocycles. The van der Waals surface area contributed by atoms with Gasteiger partial charge in [0.25, 0.3) is 5.91 Å². The molecule has 0 N–H and O–H groups in total. The van der Waals surface area contributed by atoms with Gasteiger partial charge in [0.05, 0.1) is 40.2 Å². The molecule has 9 nitrogen and oxygen atoms in total. The molecule has 0 atom stereocenters. The molecule has 10 heteroatoms. The van der Waals surface area contributed by atoms with Crippen molar-refractivity contribution in [2.24, 2.45) is 17.3 Å². The zero-order valence-electron chi connectivity index (χ0n) is 15.5. The fourth-order valence-corrected chi connectivity index (χ4v) is 5.92. The maximum Gasteiger partial charge on any atom is 0.256 e. The molecular formula is C17H25N5O4S. The second-order valence-corrected chi connectivity index (χ2v) is 10.3. The van der Waals surface area contributed by atoms with E-state index < -0.39 is 15.3 Å². The summed E-state index contributed by atoms with van der Waals surface area (Å²) in [5, 5.41) is 7.66. The van der Waals surface area contributed by atoms with Gasteiger partial charge in [0, 0.05) is 37.6 Å². The number of amides is 2. The van der Waals surface area contributed by atoms with Gasteiger partial charge < -0.3 is 9.64 Å². The average Bonchev–Trinajstić information content (AvgIpc) is 3.43. The van der Waals surface area contributed by atoms with Crippen molar-refractivity contribution in [3.8, 4) is 0 Å². The Labute approximate surface area is 158 Å². The van der Waals surface area contributed by atoms with Crippen molar-refractivity contribution in [1.29, 1.82) is 0 Å². The molecule has 148 valence electrons. The van der Waals surface area contributed by atoms with E-state index in [9.17, 15) is 13.8 Å². The van der Waals surface area contributed by atoms with Crippen LogP contribution in [0.5, 0.6) is 0 Å². The lowest BCUT2D eigenvalue weighted by molar-refractivity contribution is -0.151. The lowest BCUT2D eigenvalue weighted by Crippen LogP contribution is -2.56. The van der Waals surface area contributed by atoms with E-state index in [1.54, 1.807) is 17.9 Å². The van der Waals surface area contributed by atoms with Crippen LogP contribution in [-0.2, 0) is 37.5 Å². The van der Waals surface area contributed by atoms with Gasteiger partial charge >= 0.3 is 0 Å². The van der Waals surface area contributed by atoms with E-state index in [0.29, 0.717) is 44.0 Å². The van der Waals surface area contributed by atoms with Crippen LogP contribution in [0.2, 0.25) is 0 Å². The van der Waals surface area contributed by atoms with Crippen LogP contribution in [0.15, 0.2) is 10.6 Å². The smallest absolute Gasteiger partial charge is 0.256 e. The predicted octanol–water partition coefficient (Wildman–Crippen LogP) is 0.154. The Morgan fingerprint density at radius 2 is 2.11 bits per heavy atom. The van der Waals surface area contributed by atoms with Gasteiger partial charge in [-0.15, -0.1) is 5.10 Å². The minimum atomic E-state index is -2.48. The Kier molecular flexibility index (Phi) is 4.79. The highest BCUT2D eigenvalue weighted by Crippen LogP contribution is 2.34. The van der Waals surface area contributed by atoms with Crippen molar-refractivity contribution in [3.63, 3.8) is 0 Å². The highest BCUT2D eigenvalue weighted by molar-refractivity contribution is 7.93. The number of carbonyl (C=O) groups excluding carboxylic acids is 2. The Hall–Kier alpha value is -1.81. The zero-order chi connectivity index (χ0) is 19.1. The Bertz CT molecular complexity index is 854. The number of carbonyl (C=O) groups is 2. The van der Waals surface area contributed by atoms with E-state index in [1.165, 1.54) is 0 Å². The van der Waals surface area contributed by atoms with Gasteiger partial charge in [0.15, 0.2) is 0 Å². The van der Waals surface area contributed by atoms with Gasteiger partial charge in [-0.25, -0.2) is 4.21 Å². The van der Waals surface area contributed by atoms with Crippen LogP contribution < -0.4 is 0 Å². The molecule has 2 amide bonds. The van der Waals surface area contributed by atoms with Crippen LogP contribution >= 0.6 is 0 Å². The highest BCUT2D eigenvalue weighted by Gasteiger charge is 2.43. The molecule has 2 saturated heterocycles. The van der Waals surface area contributed by atoms with Crippen LogP contribution in [-0.4, -0.2) is 72.7 Å². The minimum Gasteiger partial charge on any atom is -0.371 e. The summed E-state index contributed by atoms with van der Waals surface area (Å²) in [7, 11) is -0.718. The van der Waals surface area contributed by atoms with Crippen LogP contribution in [0.4, 0.5) is 0 Å². The molecule has 3 fully saturated rings. The summed E-state index contributed by atoms with van der Waals surface area (Å²) in [6.45, 7) is 1.50. The Morgan fingerprint density at radius 1 is 1.37 bits per heavy atom. The normalized spacial score (nSPS) is 31.1. The second-order valence-electron chi connectivity index (χ2n) is 7.76. The third-order valence-corrected chi connectivity index (χ3v) is 7.87. The third-order valence-electron chi connectivity index (χ3n) is 5.68. The van der Waals surface area contributed by atoms with Gasteiger partial charge in [-0.2, -0.15) is 4.36 Å². The van der Waals surface area contributed by atoms with Crippen molar-refractivity contribution in [2.75, 3.05) is 31.2 Å². The average molecular weight is 395 g/mol. The molecule has 4 rings (SSSR count). The van der Waals surface area contributed by atoms with E-state index in [4.69, 9.17) is 4.74 Å². The molecule has 1 spiro atoms. The topological polar surface area (TPSA) is 107 Å². The van der Waals surface area contributed by atoms with Crippen LogP contribution in [0, 0.1) is 5.92 Å². The fourth-order valence-electron chi connectivity index (χ4n) is 3.68. The van der Waals surface area contributed by atoms with E-state index >= 15 is 0 Å². The number of rotatable bonds is 3. The van der Waals surface area contributed by atoms with Crippen molar-refractivity contribution in [2.45, 2.75) is 37.7 Å². The van der Waals surface area contributed by atoms with E-state index in [1.807, 2.05) is 4.90 Å². The van der Waals surface area contributed by atoms with Gasteiger partial charge in [-0.1, -0.05) is 5.21 Å². The number of aryl methyl sites for hydroxylation is 1. The number of morpholine rings is 1. The van der Waals surface area contributed by atoms with E-state index in [-0.39, 0.29) is 24.2 Å². The maximum atomic E-state index is 12.9. The quantitative estimate of drug-likeness (QED) is 0.721. The first kappa shape index (κ1) is 18.5. The SMILES string of the molecule is Cn1nncc1CC(=O)N1CCOC2(CCS(=O)(=NC(=O)C3CC3)CC2)C1. The lowest BCUT2D eigenvalue weighted by Gasteiger charge is -2.45. The largest absolute Gasteiger partial charge is 0.371 e. The second kappa shape index (κ2) is 6.97. The number of aromatic nitrogens is 3. The first-order chi connectivity index (χ1) is 12.9. The first-order valence-electron chi connectivity index (χ1n) is 9.40. The molecule has 3 aliphatic rings. The number of hydrogen-bond donors (Lipinski definition) is 0. The molecule has 0 unspecified atom stereocenters. The van der Waals surface area contributed by atoms with Crippen LogP contribution in [0.25, 0.3) is 0 Å². The molecule has 1 aromatic rings. The number of hydrogen-bond acceptors (Lipinski definition) is 6. The Morgan fingerprint density at radius 3 is 2.74 bits per heavy atom. The van der Waals surface area contributed by atoms with E-state index in [2.05, 4.69) is 14.7 Å². The van der Waals surface area contributed by atoms with Crippen LogP contribution in [0.1, 0.15) is 31.4 Å². The molecule has 3 heterocycles. The zero-order valence-corrected chi connectivity index (χ0v) is 16.3. The summed E-state index contributed by atoms with van der Waals surface area (Å²) in [5.74, 6) is 0.544.